The van der Waals surface area contributed by atoms with Crippen LogP contribution in [-0.2, 0) is 13.1 Å². The van der Waals surface area contributed by atoms with Crippen LogP contribution in [0.1, 0.15) is 21.6 Å². The van der Waals surface area contributed by atoms with Gasteiger partial charge in [-0.05, 0) is 17.2 Å². The number of carbonyl (C=O) groups is 1. The molecular weight excluding hydrogens is 511 g/mol. The van der Waals surface area contributed by atoms with Gasteiger partial charge in [-0.2, -0.15) is 0 Å². The topological polar surface area (TPSA) is 159 Å². The van der Waals surface area contributed by atoms with Crippen LogP contribution in [0.4, 0.5) is 13.2 Å². The van der Waals surface area contributed by atoms with Gasteiger partial charge in [-0.25, -0.2) is 9.59 Å². The van der Waals surface area contributed by atoms with E-state index in [4.69, 9.17) is 0 Å². The van der Waals surface area contributed by atoms with E-state index in [2.05, 4.69) is 20.0 Å². The molecule has 14 heteroatoms. The smallest absolute Gasteiger partial charge is 0.405 e. The molecule has 2 aromatic heterocycles. The summed E-state index contributed by atoms with van der Waals surface area (Å²) < 4.78 is 44.0. The van der Waals surface area contributed by atoms with E-state index in [0.717, 1.165) is 22.9 Å². The number of ether oxygens (including phenoxy) is 1. The molecule has 11 nitrogen and oxygen atoms in total. The third kappa shape index (κ3) is 6.16. The lowest BCUT2D eigenvalue weighted by molar-refractivity contribution is -0.274. The van der Waals surface area contributed by atoms with E-state index < -0.39 is 47.1 Å². The van der Waals surface area contributed by atoms with Gasteiger partial charge in [0.05, 0.1) is 12.1 Å². The second-order valence-corrected chi connectivity index (χ2v) is 7.94. The number of hydrogen-bond donors (Lipinski definition) is 4. The highest BCUT2D eigenvalue weighted by Crippen LogP contribution is 2.30. The van der Waals surface area contributed by atoms with E-state index in [1.807, 2.05) is 4.98 Å². The SMILES string of the molecule is O=C(NCc1ccc(-c2c[nH]c(=O)[nH]c2=O)cc1OC(F)(F)F)c1cc(=O)n(Cc2ccccc2)c(=O)[nH]1. The summed E-state index contributed by atoms with van der Waals surface area (Å²) in [5, 5.41) is 2.32. The molecule has 0 aliphatic heterocycles. The van der Waals surface area contributed by atoms with E-state index >= 15 is 0 Å². The zero-order valence-corrected chi connectivity index (χ0v) is 19.2. The third-order valence-electron chi connectivity index (χ3n) is 5.31. The molecule has 2 heterocycles. The average Bonchev–Trinajstić information content (AvgIpc) is 2.85. The summed E-state index contributed by atoms with van der Waals surface area (Å²) in [5.74, 6) is -1.64. The lowest BCUT2D eigenvalue weighted by Crippen LogP contribution is -2.38. The first-order chi connectivity index (χ1) is 18.0. The number of aromatic amines is 3. The number of H-pyrrole nitrogens is 3. The second-order valence-electron chi connectivity index (χ2n) is 7.94. The maximum Gasteiger partial charge on any atom is 0.573 e. The van der Waals surface area contributed by atoms with Gasteiger partial charge in [-0.1, -0.05) is 42.5 Å². The molecular formula is C24H18F3N5O6. The van der Waals surface area contributed by atoms with Crippen LogP contribution >= 0.6 is 0 Å². The summed E-state index contributed by atoms with van der Waals surface area (Å²) in [5.41, 5.74) is -3.18. The van der Waals surface area contributed by atoms with Crippen LogP contribution in [0.3, 0.4) is 0 Å². The second kappa shape index (κ2) is 10.5. The summed E-state index contributed by atoms with van der Waals surface area (Å²) >= 11 is 0. The normalized spacial score (nSPS) is 11.2. The van der Waals surface area contributed by atoms with Gasteiger partial charge in [0.15, 0.2) is 0 Å². The summed E-state index contributed by atoms with van der Waals surface area (Å²) in [6.45, 7) is -0.513. The van der Waals surface area contributed by atoms with Gasteiger partial charge in [0, 0.05) is 24.4 Å². The Labute approximate surface area is 209 Å². The molecule has 2 aromatic carbocycles. The van der Waals surface area contributed by atoms with Crippen LogP contribution in [0.2, 0.25) is 0 Å². The Morgan fingerprint density at radius 1 is 0.974 bits per heavy atom. The van der Waals surface area contributed by atoms with Crippen LogP contribution < -0.4 is 32.6 Å². The maximum absolute atomic E-state index is 13.0. The standard InChI is InChI=1S/C24H18F3N5O6/c25-24(26,27)38-18-8-14(16-11-29-22(36)31-20(16)34)6-7-15(18)10-28-21(35)17-9-19(33)32(23(37)30-17)12-13-4-2-1-3-5-13/h1-9,11H,10,12H2,(H,28,35)(H,30,37)(H2,29,31,34,36). The number of rotatable bonds is 7. The van der Waals surface area contributed by atoms with Crippen molar-refractivity contribution < 1.29 is 22.7 Å². The quantitative estimate of drug-likeness (QED) is 0.284. The Morgan fingerprint density at radius 2 is 1.71 bits per heavy atom. The average molecular weight is 529 g/mol. The number of benzene rings is 2. The molecule has 4 aromatic rings. The van der Waals surface area contributed by atoms with Gasteiger partial charge < -0.3 is 20.0 Å². The highest BCUT2D eigenvalue weighted by molar-refractivity contribution is 5.92. The summed E-state index contributed by atoms with van der Waals surface area (Å²) in [6.07, 6.45) is -4.06. The van der Waals surface area contributed by atoms with Crippen LogP contribution in [-0.4, -0.2) is 31.8 Å². The van der Waals surface area contributed by atoms with E-state index in [1.54, 1.807) is 30.3 Å². The number of amides is 1. The van der Waals surface area contributed by atoms with Crippen molar-refractivity contribution in [1.29, 1.82) is 0 Å². The van der Waals surface area contributed by atoms with E-state index in [-0.39, 0.29) is 28.9 Å². The number of nitrogens with zero attached hydrogens (tertiary/aromatic N) is 1. The molecule has 0 radical (unpaired) electrons. The Kier molecular flexibility index (Phi) is 7.14. The van der Waals surface area contributed by atoms with Gasteiger partial charge in [0.2, 0.25) is 0 Å². The number of halogens is 3. The Bertz CT molecular complexity index is 1690. The molecule has 196 valence electrons. The molecule has 0 spiro atoms. The predicted molar refractivity (Wildman–Crippen MR) is 128 cm³/mol. The fourth-order valence-electron chi connectivity index (χ4n) is 3.54. The molecule has 0 saturated heterocycles. The molecule has 0 atom stereocenters. The number of alkyl halides is 3. The Morgan fingerprint density at radius 3 is 2.37 bits per heavy atom. The molecule has 4 N–H and O–H groups in total. The van der Waals surface area contributed by atoms with Crippen LogP contribution in [0.25, 0.3) is 11.1 Å². The van der Waals surface area contributed by atoms with Crippen LogP contribution in [0.15, 0.2) is 80.0 Å². The first kappa shape index (κ1) is 25.9. The van der Waals surface area contributed by atoms with E-state index in [9.17, 15) is 37.1 Å². The van der Waals surface area contributed by atoms with Gasteiger partial charge in [-0.3, -0.25) is 23.9 Å². The maximum atomic E-state index is 13.0. The van der Waals surface area contributed by atoms with E-state index in [1.165, 1.54) is 12.1 Å². The highest BCUT2D eigenvalue weighted by Gasteiger charge is 2.32. The minimum Gasteiger partial charge on any atom is -0.405 e. The predicted octanol–water partition coefficient (Wildman–Crippen LogP) is 1.46. The number of carbonyl (C=O) groups excluding carboxylic acids is 1. The molecule has 0 unspecified atom stereocenters. The van der Waals surface area contributed by atoms with Crippen LogP contribution in [0, 0.1) is 0 Å². The van der Waals surface area contributed by atoms with Crippen molar-refractivity contribution in [1.82, 2.24) is 24.8 Å². The summed E-state index contributed by atoms with van der Waals surface area (Å²) in [4.78, 5) is 67.1. The molecule has 0 bridgehead atoms. The lowest BCUT2D eigenvalue weighted by Gasteiger charge is -2.15. The lowest BCUT2D eigenvalue weighted by atomic mass is 10.1. The molecule has 0 saturated carbocycles. The third-order valence-corrected chi connectivity index (χ3v) is 5.31. The number of aromatic nitrogens is 4. The van der Waals surface area contributed by atoms with Crippen LogP contribution in [0.5, 0.6) is 5.75 Å². The first-order valence-corrected chi connectivity index (χ1v) is 10.9. The van der Waals surface area contributed by atoms with Crippen molar-refractivity contribution in [2.75, 3.05) is 0 Å². The van der Waals surface area contributed by atoms with Crippen molar-refractivity contribution in [3.8, 4) is 16.9 Å². The van der Waals surface area contributed by atoms with Gasteiger partial charge >= 0.3 is 17.7 Å². The fourth-order valence-corrected chi connectivity index (χ4v) is 3.54. The minimum absolute atomic E-state index is 0.00295. The van der Waals surface area contributed by atoms with Gasteiger partial charge in [0.25, 0.3) is 17.0 Å². The van der Waals surface area contributed by atoms with Crippen molar-refractivity contribution in [3.63, 3.8) is 0 Å². The van der Waals surface area contributed by atoms with Crippen molar-refractivity contribution in [3.05, 3.63) is 119 Å². The molecule has 0 aliphatic rings. The molecule has 38 heavy (non-hydrogen) atoms. The fraction of sp³-hybridized carbons (Fsp3) is 0.125. The van der Waals surface area contributed by atoms with Crippen molar-refractivity contribution in [2.45, 2.75) is 19.5 Å². The van der Waals surface area contributed by atoms with Gasteiger partial charge in [-0.15, -0.1) is 13.2 Å². The Hall–Kier alpha value is -5.14. The van der Waals surface area contributed by atoms with Crippen molar-refractivity contribution in [2.24, 2.45) is 0 Å². The summed E-state index contributed by atoms with van der Waals surface area (Å²) in [6, 6.07) is 13.0. The first-order valence-electron chi connectivity index (χ1n) is 10.9. The zero-order chi connectivity index (χ0) is 27.4. The molecule has 0 aliphatic carbocycles. The number of hydrogen-bond acceptors (Lipinski definition) is 6. The molecule has 4 rings (SSSR count). The summed E-state index contributed by atoms with van der Waals surface area (Å²) in [7, 11) is 0. The molecule has 0 fully saturated rings. The largest absolute Gasteiger partial charge is 0.573 e. The van der Waals surface area contributed by atoms with Crippen molar-refractivity contribution >= 4 is 5.91 Å². The zero-order valence-electron chi connectivity index (χ0n) is 19.2. The van der Waals surface area contributed by atoms with E-state index in [0.29, 0.717) is 5.56 Å². The minimum atomic E-state index is -5.09. The highest BCUT2D eigenvalue weighted by atomic mass is 19.4. The van der Waals surface area contributed by atoms with Gasteiger partial charge in [0.1, 0.15) is 11.4 Å². The number of nitrogens with one attached hydrogen (secondary N) is 4. The molecule has 1 amide bonds. The monoisotopic (exact) mass is 529 g/mol. The Balaban J connectivity index is 1.57.